The molecule has 0 radical (unpaired) electrons. The van der Waals surface area contributed by atoms with Crippen LogP contribution in [0.1, 0.15) is 36.0 Å². The number of halogens is 2. The maximum Gasteiger partial charge on any atom is 0.251 e. The van der Waals surface area contributed by atoms with E-state index in [0.29, 0.717) is 11.6 Å². The van der Waals surface area contributed by atoms with E-state index in [1.165, 1.54) is 18.2 Å². The van der Waals surface area contributed by atoms with Gasteiger partial charge in [0, 0.05) is 49.7 Å². The molecule has 2 N–H and O–H groups in total. The zero-order chi connectivity index (χ0) is 19.4. The first kappa shape index (κ1) is 19.4. The fraction of sp³-hybridized carbons (Fsp3) is 0.400. The third kappa shape index (κ3) is 5.10. The monoisotopic (exact) mass is 390 g/mol. The van der Waals surface area contributed by atoms with Gasteiger partial charge in [0.15, 0.2) is 0 Å². The van der Waals surface area contributed by atoms with Gasteiger partial charge >= 0.3 is 0 Å². The normalized spacial score (nSPS) is 19.4. The Balaban J connectivity index is 1.50. The number of amides is 1. The molecule has 1 aliphatic rings. The van der Waals surface area contributed by atoms with Gasteiger partial charge in [-0.1, -0.05) is 11.6 Å². The molecule has 1 saturated carbocycles. The van der Waals surface area contributed by atoms with Crippen molar-refractivity contribution in [2.45, 2.75) is 37.8 Å². The quantitative estimate of drug-likeness (QED) is 0.807. The summed E-state index contributed by atoms with van der Waals surface area (Å²) in [5, 5.41) is 6.47. The first-order valence-electron chi connectivity index (χ1n) is 9.08. The molecule has 144 valence electrons. The number of hydrogen-bond donors (Lipinski definition) is 2. The summed E-state index contributed by atoms with van der Waals surface area (Å²) in [6.07, 6.45) is 5.46. The number of nitrogens with one attached hydrogen (secondary N) is 2. The van der Waals surface area contributed by atoms with Gasteiger partial charge in [0.25, 0.3) is 5.91 Å². The van der Waals surface area contributed by atoms with Crippen molar-refractivity contribution in [3.8, 4) is 0 Å². The summed E-state index contributed by atoms with van der Waals surface area (Å²) < 4.78 is 13.2. The van der Waals surface area contributed by atoms with Gasteiger partial charge in [-0.05, 0) is 49.9 Å². The van der Waals surface area contributed by atoms with Crippen molar-refractivity contribution in [2.24, 2.45) is 0 Å². The van der Waals surface area contributed by atoms with Crippen LogP contribution in [0.3, 0.4) is 0 Å². The lowest BCUT2D eigenvalue weighted by Gasteiger charge is -2.30. The first-order chi connectivity index (χ1) is 12.9. The second kappa shape index (κ2) is 8.57. The molecule has 7 heteroatoms. The highest BCUT2D eigenvalue weighted by Gasteiger charge is 2.23. The van der Waals surface area contributed by atoms with Crippen molar-refractivity contribution in [1.29, 1.82) is 0 Å². The molecule has 27 heavy (non-hydrogen) atoms. The standard InChI is InChI=1S/C20H24ClFN4O/c1-26(2)16-9-10-23-19(12-16)24-14-4-6-15(7-5-14)25-20(27)13-3-8-18(22)17(21)11-13/h3,8-12,14-15H,4-7H2,1-2H3,(H,23,24)(H,25,27). The predicted molar refractivity (Wildman–Crippen MR) is 107 cm³/mol. The van der Waals surface area contributed by atoms with Crippen LogP contribution in [-0.4, -0.2) is 37.1 Å². The Morgan fingerprint density at radius 3 is 2.52 bits per heavy atom. The minimum absolute atomic E-state index is 0.0389. The van der Waals surface area contributed by atoms with E-state index in [0.717, 1.165) is 37.2 Å². The van der Waals surface area contributed by atoms with Crippen LogP contribution in [-0.2, 0) is 0 Å². The molecule has 0 aliphatic heterocycles. The van der Waals surface area contributed by atoms with Gasteiger partial charge in [0.1, 0.15) is 11.6 Å². The minimum Gasteiger partial charge on any atom is -0.378 e. The molecule has 1 fully saturated rings. The second-order valence-electron chi connectivity index (χ2n) is 7.09. The molecule has 1 aromatic heterocycles. The molecular weight excluding hydrogens is 367 g/mol. The Morgan fingerprint density at radius 1 is 1.15 bits per heavy atom. The Bertz CT molecular complexity index is 806. The van der Waals surface area contributed by atoms with Crippen molar-refractivity contribution < 1.29 is 9.18 Å². The molecule has 5 nitrogen and oxygen atoms in total. The van der Waals surface area contributed by atoms with Gasteiger partial charge in [-0.2, -0.15) is 0 Å². The zero-order valence-electron chi connectivity index (χ0n) is 15.5. The fourth-order valence-electron chi connectivity index (χ4n) is 3.27. The third-order valence-corrected chi connectivity index (χ3v) is 5.15. The van der Waals surface area contributed by atoms with E-state index >= 15 is 0 Å². The predicted octanol–water partition coefficient (Wildman–Crippen LogP) is 4.09. The Morgan fingerprint density at radius 2 is 1.85 bits per heavy atom. The summed E-state index contributed by atoms with van der Waals surface area (Å²) in [5.41, 5.74) is 1.48. The van der Waals surface area contributed by atoms with Crippen LogP contribution < -0.4 is 15.5 Å². The van der Waals surface area contributed by atoms with E-state index in [4.69, 9.17) is 11.6 Å². The van der Waals surface area contributed by atoms with Gasteiger partial charge < -0.3 is 15.5 Å². The second-order valence-corrected chi connectivity index (χ2v) is 7.50. The maximum atomic E-state index is 13.2. The van der Waals surface area contributed by atoms with Crippen LogP contribution in [0.25, 0.3) is 0 Å². The first-order valence-corrected chi connectivity index (χ1v) is 9.46. The number of hydrogen-bond acceptors (Lipinski definition) is 4. The number of carbonyl (C=O) groups is 1. The van der Waals surface area contributed by atoms with Gasteiger partial charge in [-0.3, -0.25) is 4.79 Å². The lowest BCUT2D eigenvalue weighted by molar-refractivity contribution is 0.0926. The lowest BCUT2D eigenvalue weighted by atomic mass is 9.91. The van der Waals surface area contributed by atoms with E-state index in [2.05, 4.69) is 15.6 Å². The highest BCUT2D eigenvalue weighted by molar-refractivity contribution is 6.31. The summed E-state index contributed by atoms with van der Waals surface area (Å²) in [7, 11) is 4.00. The molecule has 0 bridgehead atoms. The topological polar surface area (TPSA) is 57.3 Å². The molecule has 0 unspecified atom stereocenters. The van der Waals surface area contributed by atoms with E-state index in [-0.39, 0.29) is 17.0 Å². The third-order valence-electron chi connectivity index (χ3n) is 4.86. The summed E-state index contributed by atoms with van der Waals surface area (Å²) >= 11 is 5.76. The van der Waals surface area contributed by atoms with Crippen molar-refractivity contribution >= 4 is 29.0 Å². The van der Waals surface area contributed by atoms with E-state index in [9.17, 15) is 9.18 Å². The molecule has 0 atom stereocenters. The van der Waals surface area contributed by atoms with E-state index < -0.39 is 5.82 Å². The number of aromatic nitrogens is 1. The average molecular weight is 391 g/mol. The Kier molecular flexibility index (Phi) is 6.16. The van der Waals surface area contributed by atoms with Gasteiger partial charge in [-0.25, -0.2) is 9.37 Å². The van der Waals surface area contributed by atoms with E-state index in [1.54, 1.807) is 6.20 Å². The zero-order valence-corrected chi connectivity index (χ0v) is 16.3. The van der Waals surface area contributed by atoms with E-state index in [1.807, 2.05) is 31.1 Å². The molecule has 1 heterocycles. The number of nitrogens with zero attached hydrogens (tertiary/aromatic N) is 2. The van der Waals surface area contributed by atoms with Crippen molar-refractivity contribution in [1.82, 2.24) is 10.3 Å². The van der Waals surface area contributed by atoms with Crippen LogP contribution in [0.4, 0.5) is 15.9 Å². The van der Waals surface area contributed by atoms with Crippen molar-refractivity contribution in [3.05, 3.63) is 52.9 Å². The number of anilines is 2. The molecule has 2 aromatic rings. The molecule has 0 spiro atoms. The van der Waals surface area contributed by atoms with Gasteiger partial charge in [0.05, 0.1) is 5.02 Å². The van der Waals surface area contributed by atoms with Gasteiger partial charge in [0.2, 0.25) is 0 Å². The molecular formula is C20H24ClFN4O. The summed E-state index contributed by atoms with van der Waals surface area (Å²) in [4.78, 5) is 18.8. The number of benzene rings is 1. The number of rotatable bonds is 5. The molecule has 0 saturated heterocycles. The van der Waals surface area contributed by atoms with Crippen LogP contribution in [0.5, 0.6) is 0 Å². The summed E-state index contributed by atoms with van der Waals surface area (Å²) in [5.74, 6) is 0.134. The average Bonchev–Trinajstić information content (AvgIpc) is 2.65. The van der Waals surface area contributed by atoms with Crippen LogP contribution in [0.15, 0.2) is 36.5 Å². The van der Waals surface area contributed by atoms with Crippen LogP contribution in [0, 0.1) is 5.82 Å². The fourth-order valence-corrected chi connectivity index (χ4v) is 3.45. The SMILES string of the molecule is CN(C)c1ccnc(NC2CCC(NC(=O)c3ccc(F)c(Cl)c3)CC2)c1. The van der Waals surface area contributed by atoms with Crippen LogP contribution >= 0.6 is 11.6 Å². The highest BCUT2D eigenvalue weighted by atomic mass is 35.5. The highest BCUT2D eigenvalue weighted by Crippen LogP contribution is 2.24. The summed E-state index contributed by atoms with van der Waals surface area (Å²) in [6.45, 7) is 0. The smallest absolute Gasteiger partial charge is 0.251 e. The Hall–Kier alpha value is -2.34. The summed E-state index contributed by atoms with van der Waals surface area (Å²) in [6, 6.07) is 8.48. The van der Waals surface area contributed by atoms with Crippen LogP contribution in [0.2, 0.25) is 5.02 Å². The Labute approximate surface area is 163 Å². The van der Waals surface area contributed by atoms with Crippen molar-refractivity contribution in [3.63, 3.8) is 0 Å². The maximum absolute atomic E-state index is 13.2. The van der Waals surface area contributed by atoms with Gasteiger partial charge in [-0.15, -0.1) is 0 Å². The molecule has 1 aliphatic carbocycles. The van der Waals surface area contributed by atoms with Crippen molar-refractivity contribution in [2.75, 3.05) is 24.3 Å². The lowest BCUT2D eigenvalue weighted by Crippen LogP contribution is -2.40. The minimum atomic E-state index is -0.522. The molecule has 1 amide bonds. The molecule has 3 rings (SSSR count). The number of carbonyl (C=O) groups excluding carboxylic acids is 1. The number of pyridine rings is 1. The molecule has 1 aromatic carbocycles. The largest absolute Gasteiger partial charge is 0.378 e.